The fourth-order valence-corrected chi connectivity index (χ4v) is 3.24. The third kappa shape index (κ3) is 5.24. The van der Waals surface area contributed by atoms with Crippen molar-refractivity contribution in [2.24, 2.45) is 0 Å². The quantitative estimate of drug-likeness (QED) is 0.564. The minimum atomic E-state index is -0.582. The van der Waals surface area contributed by atoms with Crippen LogP contribution in [0.25, 0.3) is 0 Å². The predicted octanol–water partition coefficient (Wildman–Crippen LogP) is 2.39. The van der Waals surface area contributed by atoms with E-state index < -0.39 is 11.2 Å². The Hall–Kier alpha value is -2.65. The highest BCUT2D eigenvalue weighted by Crippen LogP contribution is 2.22. The molecule has 0 amide bonds. The van der Waals surface area contributed by atoms with Crippen LogP contribution in [0.3, 0.4) is 0 Å². The Labute approximate surface area is 175 Å². The van der Waals surface area contributed by atoms with Gasteiger partial charge in [-0.3, -0.25) is 14.3 Å². The number of unbranched alkanes of at least 4 members (excludes halogenated alkanes) is 1. The van der Waals surface area contributed by atoms with Crippen molar-refractivity contribution >= 4 is 34.5 Å². The molecule has 0 aliphatic carbocycles. The lowest BCUT2D eigenvalue weighted by Crippen LogP contribution is -2.44. The molecule has 4 N–H and O–H groups in total. The summed E-state index contributed by atoms with van der Waals surface area (Å²) in [5.74, 6) is 0.0911. The van der Waals surface area contributed by atoms with Crippen molar-refractivity contribution in [3.63, 3.8) is 0 Å². The van der Waals surface area contributed by atoms with Gasteiger partial charge in [0.25, 0.3) is 5.56 Å². The molecule has 2 aromatic rings. The molecule has 0 fully saturated rings. The van der Waals surface area contributed by atoms with E-state index in [1.165, 1.54) is 4.57 Å². The van der Waals surface area contributed by atoms with Crippen molar-refractivity contribution in [2.75, 3.05) is 36.2 Å². The lowest BCUT2D eigenvalue weighted by atomic mass is 10.1. The summed E-state index contributed by atoms with van der Waals surface area (Å²) in [6.45, 7) is 7.06. The number of anilines is 3. The van der Waals surface area contributed by atoms with E-state index in [4.69, 9.17) is 22.7 Å². The van der Waals surface area contributed by atoms with Gasteiger partial charge in [-0.25, -0.2) is 4.79 Å². The van der Waals surface area contributed by atoms with Crippen molar-refractivity contribution in [1.82, 2.24) is 9.55 Å². The molecule has 0 unspecified atom stereocenters. The van der Waals surface area contributed by atoms with Gasteiger partial charge in [0.15, 0.2) is 10.8 Å². The van der Waals surface area contributed by atoms with E-state index in [1.54, 1.807) is 12.0 Å². The molecular formula is C20H29N5O3S. The van der Waals surface area contributed by atoms with Crippen molar-refractivity contribution in [2.45, 2.75) is 40.2 Å². The maximum atomic E-state index is 12.7. The van der Waals surface area contributed by atoms with E-state index in [2.05, 4.69) is 10.3 Å². The first-order valence-corrected chi connectivity index (χ1v) is 9.98. The van der Waals surface area contributed by atoms with E-state index in [-0.39, 0.29) is 11.5 Å². The third-order valence-corrected chi connectivity index (χ3v) is 5.15. The summed E-state index contributed by atoms with van der Waals surface area (Å²) in [6, 6.07) is 5.86. The van der Waals surface area contributed by atoms with Crippen molar-refractivity contribution in [3.05, 3.63) is 50.2 Å². The zero-order valence-corrected chi connectivity index (χ0v) is 18.2. The molecule has 1 aromatic heterocycles. The fourth-order valence-electron chi connectivity index (χ4n) is 2.94. The number of ether oxygens (including phenoxy) is 1. The molecule has 1 heterocycles. The summed E-state index contributed by atoms with van der Waals surface area (Å²) in [7, 11) is 1.56. The SMILES string of the molecule is CCCCn1c(N)c(N(CCOC)C(=S)Nc2cccc(C)c2C)c(=O)[nH]c1=O. The molecule has 0 radical (unpaired) electrons. The molecule has 2 rings (SSSR count). The van der Waals surface area contributed by atoms with E-state index in [0.717, 1.165) is 29.7 Å². The smallest absolute Gasteiger partial charge is 0.330 e. The number of H-pyrrole nitrogens is 1. The maximum Gasteiger partial charge on any atom is 0.330 e. The average Bonchev–Trinajstić information content (AvgIpc) is 2.67. The second kappa shape index (κ2) is 10.2. The Bertz CT molecular complexity index is 983. The number of rotatable bonds is 8. The number of thiocarbonyl (C=S) groups is 1. The normalized spacial score (nSPS) is 10.8. The standard InChI is InChI=1S/C20H29N5O3S/c1-5-6-10-25-17(21)16(18(26)23-19(25)27)24(11-12-28-4)20(29)22-15-9-7-8-13(2)14(15)3/h7-9H,5-6,10-12,21H2,1-4H3,(H,22,29)(H,23,26,27). The van der Waals surface area contributed by atoms with Crippen LogP contribution in [0.4, 0.5) is 17.2 Å². The fraction of sp³-hybridized carbons (Fsp3) is 0.450. The van der Waals surface area contributed by atoms with Gasteiger partial charge in [-0.15, -0.1) is 0 Å². The van der Waals surface area contributed by atoms with Crippen molar-refractivity contribution in [3.8, 4) is 0 Å². The molecule has 0 saturated heterocycles. The van der Waals surface area contributed by atoms with Crippen LogP contribution >= 0.6 is 12.2 Å². The van der Waals surface area contributed by atoms with Crippen LogP contribution < -0.4 is 27.2 Å². The number of aromatic amines is 1. The van der Waals surface area contributed by atoms with Gasteiger partial charge in [-0.2, -0.15) is 0 Å². The Balaban J connectivity index is 2.49. The molecule has 29 heavy (non-hydrogen) atoms. The van der Waals surface area contributed by atoms with E-state index in [0.29, 0.717) is 24.8 Å². The van der Waals surface area contributed by atoms with Gasteiger partial charge in [-0.1, -0.05) is 25.5 Å². The zero-order chi connectivity index (χ0) is 21.6. The number of nitrogen functional groups attached to an aromatic ring is 1. The second-order valence-electron chi connectivity index (χ2n) is 6.82. The number of aromatic nitrogens is 2. The third-order valence-electron chi connectivity index (χ3n) is 4.83. The lowest BCUT2D eigenvalue weighted by molar-refractivity contribution is 0.208. The van der Waals surface area contributed by atoms with Crippen LogP contribution in [-0.2, 0) is 11.3 Å². The molecular weight excluding hydrogens is 390 g/mol. The molecule has 0 bridgehead atoms. The average molecular weight is 420 g/mol. The number of methoxy groups -OCH3 is 1. The van der Waals surface area contributed by atoms with Crippen LogP contribution in [0.2, 0.25) is 0 Å². The van der Waals surface area contributed by atoms with Gasteiger partial charge in [0.05, 0.1) is 6.61 Å². The van der Waals surface area contributed by atoms with Crippen molar-refractivity contribution in [1.29, 1.82) is 0 Å². The number of hydrogen-bond donors (Lipinski definition) is 3. The molecule has 0 aliphatic rings. The molecule has 0 saturated carbocycles. The lowest BCUT2D eigenvalue weighted by Gasteiger charge is -2.27. The molecule has 1 aromatic carbocycles. The summed E-state index contributed by atoms with van der Waals surface area (Å²) in [5.41, 5.74) is 8.30. The molecule has 0 spiro atoms. The van der Waals surface area contributed by atoms with Gasteiger partial charge in [0.2, 0.25) is 0 Å². The van der Waals surface area contributed by atoms with Crippen LogP contribution in [-0.4, -0.2) is 34.9 Å². The largest absolute Gasteiger partial charge is 0.383 e. The topological polar surface area (TPSA) is 105 Å². The number of hydrogen-bond acceptors (Lipinski definition) is 5. The highest BCUT2D eigenvalue weighted by molar-refractivity contribution is 7.80. The first kappa shape index (κ1) is 22.6. The Morgan fingerprint density at radius 3 is 2.72 bits per heavy atom. The van der Waals surface area contributed by atoms with Crippen LogP contribution in [0.15, 0.2) is 27.8 Å². The number of nitrogens with one attached hydrogen (secondary N) is 2. The summed E-state index contributed by atoms with van der Waals surface area (Å²) >= 11 is 5.60. The first-order valence-electron chi connectivity index (χ1n) is 9.58. The minimum Gasteiger partial charge on any atom is -0.383 e. The number of benzene rings is 1. The molecule has 9 heteroatoms. The summed E-state index contributed by atoms with van der Waals surface area (Å²) in [4.78, 5) is 28.8. The Morgan fingerprint density at radius 2 is 2.07 bits per heavy atom. The van der Waals surface area contributed by atoms with E-state index >= 15 is 0 Å². The van der Waals surface area contributed by atoms with E-state index in [1.807, 2.05) is 39.0 Å². The second-order valence-corrected chi connectivity index (χ2v) is 7.21. The van der Waals surface area contributed by atoms with Crippen LogP contribution in [0, 0.1) is 13.8 Å². The summed E-state index contributed by atoms with van der Waals surface area (Å²) in [5, 5.41) is 3.50. The summed E-state index contributed by atoms with van der Waals surface area (Å²) in [6.07, 6.45) is 1.65. The number of nitrogens with two attached hydrogens (primary N) is 1. The van der Waals surface area contributed by atoms with Crippen LogP contribution in [0.5, 0.6) is 0 Å². The number of nitrogens with zero attached hydrogens (tertiary/aromatic N) is 2. The Morgan fingerprint density at radius 1 is 1.34 bits per heavy atom. The van der Waals surface area contributed by atoms with Gasteiger partial charge in [0.1, 0.15) is 5.82 Å². The zero-order valence-electron chi connectivity index (χ0n) is 17.4. The molecule has 158 valence electrons. The van der Waals surface area contributed by atoms with Gasteiger partial charge in [-0.05, 0) is 49.7 Å². The van der Waals surface area contributed by atoms with Crippen LogP contribution in [0.1, 0.15) is 30.9 Å². The van der Waals surface area contributed by atoms with Crippen molar-refractivity contribution < 1.29 is 4.74 Å². The minimum absolute atomic E-state index is 0.0911. The maximum absolute atomic E-state index is 12.7. The Kier molecular flexibility index (Phi) is 7.98. The van der Waals surface area contributed by atoms with Gasteiger partial charge < -0.3 is 20.7 Å². The molecule has 0 aliphatic heterocycles. The van der Waals surface area contributed by atoms with E-state index in [9.17, 15) is 9.59 Å². The van der Waals surface area contributed by atoms with Gasteiger partial charge in [0, 0.05) is 25.9 Å². The molecule has 8 nitrogen and oxygen atoms in total. The first-order chi connectivity index (χ1) is 13.8. The number of aryl methyl sites for hydroxylation is 1. The highest BCUT2D eigenvalue weighted by Gasteiger charge is 2.22. The predicted molar refractivity (Wildman–Crippen MR) is 122 cm³/mol. The molecule has 0 atom stereocenters. The monoisotopic (exact) mass is 419 g/mol. The summed E-state index contributed by atoms with van der Waals surface area (Å²) < 4.78 is 6.56. The van der Waals surface area contributed by atoms with Gasteiger partial charge >= 0.3 is 5.69 Å². The highest BCUT2D eigenvalue weighted by atomic mass is 32.1.